The molecule has 1 amide bonds. The Morgan fingerprint density at radius 1 is 1.62 bits per heavy atom. The Morgan fingerprint density at radius 2 is 2.38 bits per heavy atom. The smallest absolute Gasteiger partial charge is 0.243 e. The summed E-state index contributed by atoms with van der Waals surface area (Å²) >= 11 is 3.35. The van der Waals surface area contributed by atoms with Crippen LogP contribution >= 0.6 is 15.9 Å². The minimum Gasteiger partial charge on any atom is -0.359 e. The van der Waals surface area contributed by atoms with Gasteiger partial charge < -0.3 is 10.6 Å². The Bertz CT molecular complexity index is 378. The van der Waals surface area contributed by atoms with Crippen molar-refractivity contribution >= 4 is 33.3 Å². The maximum absolute atomic E-state index is 11.1. The normalized spacial score (nSPS) is 14.5. The first-order valence-electron chi connectivity index (χ1n) is 3.87. The predicted molar refractivity (Wildman–Crippen MR) is 53.8 cm³/mol. The van der Waals surface area contributed by atoms with Crippen molar-refractivity contribution in [1.82, 2.24) is 4.98 Å². The molecule has 2 heterocycles. The lowest BCUT2D eigenvalue weighted by atomic mass is 10.2. The third-order valence-electron chi connectivity index (χ3n) is 1.96. The van der Waals surface area contributed by atoms with Gasteiger partial charge in [0.15, 0.2) is 5.82 Å². The summed E-state index contributed by atoms with van der Waals surface area (Å²) in [5.41, 5.74) is 1.76. The van der Waals surface area contributed by atoms with Crippen LogP contribution in [-0.4, -0.2) is 17.4 Å². The number of anilines is 2. The van der Waals surface area contributed by atoms with Crippen LogP contribution in [0.2, 0.25) is 0 Å². The molecule has 0 atom stereocenters. The monoisotopic (exact) mass is 241 g/mol. The number of carbonyl (C=O) groups is 1. The summed E-state index contributed by atoms with van der Waals surface area (Å²) in [6, 6.07) is 0. The first kappa shape index (κ1) is 8.50. The van der Waals surface area contributed by atoms with E-state index in [1.807, 2.05) is 6.92 Å². The Kier molecular flexibility index (Phi) is 1.95. The van der Waals surface area contributed by atoms with E-state index in [1.165, 1.54) is 0 Å². The molecule has 13 heavy (non-hydrogen) atoms. The highest BCUT2D eigenvalue weighted by Gasteiger charge is 2.17. The van der Waals surface area contributed by atoms with E-state index in [0.717, 1.165) is 21.5 Å². The van der Waals surface area contributed by atoms with Crippen LogP contribution in [0.25, 0.3) is 0 Å². The van der Waals surface area contributed by atoms with Crippen molar-refractivity contribution in [1.29, 1.82) is 0 Å². The number of carbonyl (C=O) groups excluding carboxylic acids is 1. The highest BCUT2D eigenvalue weighted by atomic mass is 79.9. The van der Waals surface area contributed by atoms with Crippen molar-refractivity contribution < 1.29 is 4.79 Å². The SMILES string of the molecule is Cc1c(Br)cnc2c1NC(=O)CN2. The number of nitrogens with zero attached hydrogens (tertiary/aromatic N) is 1. The summed E-state index contributed by atoms with van der Waals surface area (Å²) in [4.78, 5) is 15.2. The number of aromatic nitrogens is 1. The molecule has 0 fully saturated rings. The fourth-order valence-electron chi connectivity index (χ4n) is 1.21. The van der Waals surface area contributed by atoms with E-state index in [2.05, 4.69) is 31.5 Å². The lowest BCUT2D eigenvalue weighted by Gasteiger charge is -2.19. The molecule has 1 aromatic heterocycles. The van der Waals surface area contributed by atoms with E-state index in [1.54, 1.807) is 6.20 Å². The van der Waals surface area contributed by atoms with Gasteiger partial charge in [-0.2, -0.15) is 0 Å². The van der Waals surface area contributed by atoms with Crippen LogP contribution in [0, 0.1) is 6.92 Å². The second-order valence-corrected chi connectivity index (χ2v) is 3.71. The second kappa shape index (κ2) is 2.99. The van der Waals surface area contributed by atoms with Crippen LogP contribution in [0.1, 0.15) is 5.56 Å². The zero-order valence-electron chi connectivity index (χ0n) is 7.02. The van der Waals surface area contributed by atoms with E-state index < -0.39 is 0 Å². The maximum Gasteiger partial charge on any atom is 0.243 e. The summed E-state index contributed by atoms with van der Waals surface area (Å²) in [6.07, 6.45) is 1.72. The first-order chi connectivity index (χ1) is 6.18. The van der Waals surface area contributed by atoms with Crippen LogP contribution in [0.5, 0.6) is 0 Å². The topological polar surface area (TPSA) is 54.0 Å². The van der Waals surface area contributed by atoms with Gasteiger partial charge in [-0.15, -0.1) is 0 Å². The number of halogens is 1. The van der Waals surface area contributed by atoms with Crippen LogP contribution in [0.15, 0.2) is 10.7 Å². The number of fused-ring (bicyclic) bond motifs is 1. The van der Waals surface area contributed by atoms with Crippen molar-refractivity contribution in [3.8, 4) is 0 Å². The molecule has 1 aliphatic rings. The van der Waals surface area contributed by atoms with Gasteiger partial charge >= 0.3 is 0 Å². The van der Waals surface area contributed by atoms with Gasteiger partial charge in [0.25, 0.3) is 0 Å². The van der Waals surface area contributed by atoms with E-state index in [0.29, 0.717) is 6.54 Å². The van der Waals surface area contributed by atoms with E-state index in [-0.39, 0.29) is 5.91 Å². The summed E-state index contributed by atoms with van der Waals surface area (Å²) in [5, 5.41) is 5.71. The summed E-state index contributed by atoms with van der Waals surface area (Å²) in [7, 11) is 0. The Balaban J connectivity index is 2.54. The standard InChI is InChI=1S/C8H8BrN3O/c1-4-5(9)2-10-8-7(4)12-6(13)3-11-8/h2H,3H2,1H3,(H,10,11)(H,12,13). The fraction of sp³-hybridized carbons (Fsp3) is 0.250. The van der Waals surface area contributed by atoms with Gasteiger partial charge in [0, 0.05) is 10.7 Å². The summed E-state index contributed by atoms with van der Waals surface area (Å²) < 4.78 is 0.898. The maximum atomic E-state index is 11.1. The van der Waals surface area contributed by atoms with Gasteiger partial charge in [0.2, 0.25) is 5.91 Å². The number of rotatable bonds is 0. The number of pyridine rings is 1. The molecular formula is C8H8BrN3O. The van der Waals surface area contributed by atoms with Gasteiger partial charge in [-0.1, -0.05) is 0 Å². The zero-order chi connectivity index (χ0) is 9.42. The molecule has 2 rings (SSSR count). The Labute approximate surface area is 83.9 Å². The predicted octanol–water partition coefficient (Wildman–Crippen LogP) is 1.52. The lowest BCUT2D eigenvalue weighted by Crippen LogP contribution is -2.28. The molecule has 0 spiro atoms. The average Bonchev–Trinajstić information content (AvgIpc) is 2.12. The molecule has 1 aromatic rings. The van der Waals surface area contributed by atoms with Crippen LogP contribution in [0.4, 0.5) is 11.5 Å². The van der Waals surface area contributed by atoms with Gasteiger partial charge in [-0.25, -0.2) is 4.98 Å². The molecule has 0 aliphatic carbocycles. The molecule has 5 heteroatoms. The Hall–Kier alpha value is -1.10. The van der Waals surface area contributed by atoms with E-state index >= 15 is 0 Å². The molecule has 68 valence electrons. The van der Waals surface area contributed by atoms with Crippen LogP contribution < -0.4 is 10.6 Å². The summed E-state index contributed by atoms with van der Waals surface area (Å²) in [5.74, 6) is 0.704. The molecule has 4 nitrogen and oxygen atoms in total. The van der Waals surface area contributed by atoms with Crippen molar-refractivity contribution in [2.45, 2.75) is 6.92 Å². The van der Waals surface area contributed by atoms with Crippen molar-refractivity contribution in [3.05, 3.63) is 16.2 Å². The molecule has 0 saturated heterocycles. The fourth-order valence-corrected chi connectivity index (χ4v) is 1.51. The van der Waals surface area contributed by atoms with Gasteiger partial charge in [-0.3, -0.25) is 4.79 Å². The quantitative estimate of drug-likeness (QED) is 0.725. The third kappa shape index (κ3) is 1.39. The van der Waals surface area contributed by atoms with Gasteiger partial charge in [0.05, 0.1) is 12.2 Å². The van der Waals surface area contributed by atoms with Crippen LogP contribution in [0.3, 0.4) is 0 Å². The lowest BCUT2D eigenvalue weighted by molar-refractivity contribution is -0.114. The molecule has 2 N–H and O–H groups in total. The van der Waals surface area contributed by atoms with E-state index in [4.69, 9.17) is 0 Å². The third-order valence-corrected chi connectivity index (χ3v) is 2.76. The largest absolute Gasteiger partial charge is 0.359 e. The number of amides is 1. The first-order valence-corrected chi connectivity index (χ1v) is 4.66. The minimum absolute atomic E-state index is 0.0319. The van der Waals surface area contributed by atoms with Crippen molar-refractivity contribution in [2.75, 3.05) is 17.2 Å². The molecule has 0 saturated carbocycles. The molecule has 0 bridgehead atoms. The molecule has 1 aliphatic heterocycles. The summed E-state index contributed by atoms with van der Waals surface area (Å²) in [6.45, 7) is 2.22. The molecule has 0 aromatic carbocycles. The highest BCUT2D eigenvalue weighted by Crippen LogP contribution is 2.30. The number of hydrogen-bond donors (Lipinski definition) is 2. The van der Waals surface area contributed by atoms with E-state index in [9.17, 15) is 4.79 Å². The molecular weight excluding hydrogens is 234 g/mol. The van der Waals surface area contributed by atoms with Crippen molar-refractivity contribution in [2.24, 2.45) is 0 Å². The zero-order valence-corrected chi connectivity index (χ0v) is 8.60. The molecule has 0 unspecified atom stereocenters. The van der Waals surface area contributed by atoms with Crippen molar-refractivity contribution in [3.63, 3.8) is 0 Å². The number of hydrogen-bond acceptors (Lipinski definition) is 3. The highest BCUT2D eigenvalue weighted by molar-refractivity contribution is 9.10. The number of nitrogens with one attached hydrogen (secondary N) is 2. The van der Waals surface area contributed by atoms with Gasteiger partial charge in [0.1, 0.15) is 0 Å². The van der Waals surface area contributed by atoms with Crippen LogP contribution in [-0.2, 0) is 4.79 Å². The second-order valence-electron chi connectivity index (χ2n) is 2.86. The average molecular weight is 242 g/mol. The minimum atomic E-state index is -0.0319. The molecule has 0 radical (unpaired) electrons. The Morgan fingerprint density at radius 3 is 3.15 bits per heavy atom. The van der Waals surface area contributed by atoms with Gasteiger partial charge in [-0.05, 0) is 28.4 Å².